The molecule has 5 rings (SSSR count). The molecule has 0 aromatic heterocycles. The van der Waals surface area contributed by atoms with Crippen molar-refractivity contribution in [1.29, 1.82) is 0 Å². The van der Waals surface area contributed by atoms with Crippen molar-refractivity contribution in [3.63, 3.8) is 0 Å². The number of fused-ring (bicyclic) bond motifs is 1. The second-order valence-electron chi connectivity index (χ2n) is 7.69. The lowest BCUT2D eigenvalue weighted by atomic mass is 9.75. The van der Waals surface area contributed by atoms with Gasteiger partial charge in [0.05, 0.1) is 5.54 Å². The van der Waals surface area contributed by atoms with Crippen molar-refractivity contribution in [2.45, 2.75) is 18.6 Å². The normalized spacial score (nSPS) is 13.9. The van der Waals surface area contributed by atoms with Crippen LogP contribution in [0.15, 0.2) is 108 Å². The van der Waals surface area contributed by atoms with Crippen molar-refractivity contribution in [1.82, 2.24) is 4.90 Å². The largest absolute Gasteiger partial charge is 0.277 e. The van der Waals surface area contributed by atoms with Crippen LogP contribution in [-0.4, -0.2) is 4.90 Å². The predicted molar refractivity (Wildman–Crippen MR) is 123 cm³/mol. The Hall–Kier alpha value is -2.75. The lowest BCUT2D eigenvalue weighted by molar-refractivity contribution is 0.156. The Morgan fingerprint density at radius 3 is 1.60 bits per heavy atom. The van der Waals surface area contributed by atoms with E-state index in [9.17, 15) is 4.39 Å². The number of hydrogen-bond acceptors (Lipinski definition) is 1. The average Bonchev–Trinajstić information content (AvgIpc) is 3.21. The Balaban J connectivity index is 1.78. The molecule has 0 saturated heterocycles. The first-order valence-corrected chi connectivity index (χ1v) is 10.9. The maximum absolute atomic E-state index is 14.9. The molecule has 0 amide bonds. The van der Waals surface area contributed by atoms with Crippen LogP contribution in [0.25, 0.3) is 0 Å². The molecule has 1 aliphatic heterocycles. The molecule has 30 heavy (non-hydrogen) atoms. The van der Waals surface area contributed by atoms with E-state index < -0.39 is 5.54 Å². The van der Waals surface area contributed by atoms with E-state index >= 15 is 0 Å². The van der Waals surface area contributed by atoms with Gasteiger partial charge in [-0.3, -0.25) is 4.90 Å². The summed E-state index contributed by atoms with van der Waals surface area (Å²) in [6, 6.07) is 35.3. The van der Waals surface area contributed by atoms with Crippen LogP contribution < -0.4 is 0 Å². The molecule has 4 aromatic rings. The third-order valence-corrected chi connectivity index (χ3v) is 6.47. The Labute approximate surface area is 184 Å². The quantitative estimate of drug-likeness (QED) is 0.301. The summed E-state index contributed by atoms with van der Waals surface area (Å²) in [6.45, 7) is 1.22. The third-order valence-electron chi connectivity index (χ3n) is 6.01. The van der Waals surface area contributed by atoms with E-state index in [-0.39, 0.29) is 5.82 Å². The second kappa shape index (κ2) is 7.82. The van der Waals surface area contributed by atoms with Gasteiger partial charge in [0.15, 0.2) is 0 Å². The summed E-state index contributed by atoms with van der Waals surface area (Å²) in [5.74, 6) is -0.148. The Morgan fingerprint density at radius 2 is 1.13 bits per heavy atom. The van der Waals surface area contributed by atoms with E-state index in [4.69, 9.17) is 0 Å². The fourth-order valence-corrected chi connectivity index (χ4v) is 5.23. The van der Waals surface area contributed by atoms with Gasteiger partial charge < -0.3 is 0 Å². The lowest BCUT2D eigenvalue weighted by Gasteiger charge is -2.43. The second-order valence-corrected chi connectivity index (χ2v) is 8.61. The summed E-state index contributed by atoms with van der Waals surface area (Å²) >= 11 is 3.46. The minimum atomic E-state index is -0.526. The molecule has 0 aliphatic carbocycles. The van der Waals surface area contributed by atoms with Crippen LogP contribution in [0.5, 0.6) is 0 Å². The highest BCUT2D eigenvalue weighted by Crippen LogP contribution is 2.46. The van der Waals surface area contributed by atoms with E-state index in [1.165, 1.54) is 16.7 Å². The van der Waals surface area contributed by atoms with Crippen LogP contribution in [0.4, 0.5) is 4.39 Å². The molecule has 0 N–H and O–H groups in total. The predicted octanol–water partition coefficient (Wildman–Crippen LogP) is 6.90. The van der Waals surface area contributed by atoms with Gasteiger partial charge in [-0.25, -0.2) is 4.39 Å². The topological polar surface area (TPSA) is 3.24 Å². The zero-order valence-corrected chi connectivity index (χ0v) is 18.0. The molecule has 1 aliphatic rings. The van der Waals surface area contributed by atoms with Gasteiger partial charge in [0.1, 0.15) is 5.82 Å². The molecule has 4 aromatic carbocycles. The Kier molecular flexibility index (Phi) is 5.01. The highest BCUT2D eigenvalue weighted by Gasteiger charge is 2.44. The van der Waals surface area contributed by atoms with Crippen molar-refractivity contribution in [3.05, 3.63) is 141 Å². The van der Waals surface area contributed by atoms with E-state index in [2.05, 4.69) is 93.6 Å². The lowest BCUT2D eigenvalue weighted by Crippen LogP contribution is -2.45. The van der Waals surface area contributed by atoms with Crippen LogP contribution in [0.1, 0.15) is 27.8 Å². The van der Waals surface area contributed by atoms with Gasteiger partial charge in [0.2, 0.25) is 0 Å². The molecule has 1 heterocycles. The molecular formula is C27H21BrFN. The monoisotopic (exact) mass is 457 g/mol. The van der Waals surface area contributed by atoms with E-state index in [1.54, 1.807) is 6.07 Å². The number of halogens is 2. The average molecular weight is 458 g/mol. The van der Waals surface area contributed by atoms with Crippen LogP contribution >= 0.6 is 15.9 Å². The molecule has 0 saturated carbocycles. The molecule has 0 spiro atoms. The molecule has 1 nitrogen and oxygen atoms in total. The number of nitrogens with zero attached hydrogens (tertiary/aromatic N) is 1. The van der Waals surface area contributed by atoms with Crippen molar-refractivity contribution in [2.24, 2.45) is 0 Å². The fourth-order valence-electron chi connectivity index (χ4n) is 4.75. The molecule has 0 radical (unpaired) electrons. The first-order valence-electron chi connectivity index (χ1n) is 10.1. The summed E-state index contributed by atoms with van der Waals surface area (Å²) in [5, 5.41) is 0. The minimum absolute atomic E-state index is 0.148. The molecule has 0 fully saturated rings. The molecular weight excluding hydrogens is 437 g/mol. The van der Waals surface area contributed by atoms with Gasteiger partial charge >= 0.3 is 0 Å². The van der Waals surface area contributed by atoms with Crippen LogP contribution in [-0.2, 0) is 18.6 Å². The standard InChI is InChI=1S/C27H21BrFN/c28-24-16-20-18-30(19-25(20)26(29)17-24)27(21-10-4-1-5-11-21,22-12-6-2-7-13-22)23-14-8-3-9-15-23/h1-17H,18-19H2. The van der Waals surface area contributed by atoms with Crippen molar-refractivity contribution >= 4 is 15.9 Å². The van der Waals surface area contributed by atoms with E-state index in [0.29, 0.717) is 13.1 Å². The maximum atomic E-state index is 14.9. The van der Waals surface area contributed by atoms with Gasteiger partial charge in [-0.2, -0.15) is 0 Å². The summed E-state index contributed by atoms with van der Waals surface area (Å²) in [5.41, 5.74) is 4.82. The third kappa shape index (κ3) is 3.10. The van der Waals surface area contributed by atoms with Crippen LogP contribution in [0.3, 0.4) is 0 Å². The summed E-state index contributed by atoms with van der Waals surface area (Å²) in [6.07, 6.45) is 0. The minimum Gasteiger partial charge on any atom is -0.277 e. The van der Waals surface area contributed by atoms with Gasteiger partial charge in [0, 0.05) is 23.1 Å². The first kappa shape index (κ1) is 19.2. The summed E-state index contributed by atoms with van der Waals surface area (Å²) in [4.78, 5) is 2.40. The number of hydrogen-bond donors (Lipinski definition) is 0. The molecule has 148 valence electrons. The Bertz CT molecular complexity index is 1060. The molecule has 0 bridgehead atoms. The zero-order valence-electron chi connectivity index (χ0n) is 16.4. The van der Waals surface area contributed by atoms with Gasteiger partial charge in [0.25, 0.3) is 0 Å². The van der Waals surface area contributed by atoms with Crippen LogP contribution in [0.2, 0.25) is 0 Å². The molecule has 0 unspecified atom stereocenters. The Morgan fingerprint density at radius 1 is 0.667 bits per heavy atom. The number of rotatable bonds is 4. The summed E-state index contributed by atoms with van der Waals surface area (Å²) < 4.78 is 15.6. The van der Waals surface area contributed by atoms with Crippen molar-refractivity contribution in [2.75, 3.05) is 0 Å². The van der Waals surface area contributed by atoms with Crippen molar-refractivity contribution in [3.8, 4) is 0 Å². The zero-order chi connectivity index (χ0) is 20.6. The van der Waals surface area contributed by atoms with Gasteiger partial charge in [-0.1, -0.05) is 107 Å². The SMILES string of the molecule is Fc1cc(Br)cc2c1CN(C(c1ccccc1)(c1ccccc1)c1ccccc1)C2. The van der Waals surface area contributed by atoms with Crippen LogP contribution in [0, 0.1) is 5.82 Å². The highest BCUT2D eigenvalue weighted by molar-refractivity contribution is 9.10. The van der Waals surface area contributed by atoms with E-state index in [0.717, 1.165) is 15.6 Å². The fraction of sp³-hybridized carbons (Fsp3) is 0.111. The van der Waals surface area contributed by atoms with Crippen molar-refractivity contribution < 1.29 is 4.39 Å². The molecule has 0 atom stereocenters. The number of benzene rings is 4. The van der Waals surface area contributed by atoms with Gasteiger partial charge in [-0.15, -0.1) is 0 Å². The smallest absolute Gasteiger partial charge is 0.129 e. The molecule has 3 heteroatoms. The van der Waals surface area contributed by atoms with E-state index in [1.807, 2.05) is 24.3 Å². The first-order chi connectivity index (χ1) is 14.7. The summed E-state index contributed by atoms with van der Waals surface area (Å²) in [7, 11) is 0. The highest BCUT2D eigenvalue weighted by atomic mass is 79.9. The maximum Gasteiger partial charge on any atom is 0.129 e. The van der Waals surface area contributed by atoms with Gasteiger partial charge in [-0.05, 0) is 34.4 Å².